The van der Waals surface area contributed by atoms with E-state index in [2.05, 4.69) is 25.3 Å². The van der Waals surface area contributed by atoms with Crippen LogP contribution >= 0.6 is 25.3 Å². The Kier molecular flexibility index (Phi) is 5.51. The van der Waals surface area contributed by atoms with E-state index < -0.39 is 0 Å². The fourth-order valence-corrected chi connectivity index (χ4v) is 1.11. The van der Waals surface area contributed by atoms with E-state index in [1.165, 1.54) is 0 Å². The van der Waals surface area contributed by atoms with E-state index in [-0.39, 0.29) is 0 Å². The maximum absolute atomic E-state index is 4.22. The second kappa shape index (κ2) is 5.56. The molecule has 1 aromatic rings. The first-order chi connectivity index (χ1) is 5.22. The van der Waals surface area contributed by atoms with Crippen LogP contribution < -0.4 is 0 Å². The van der Waals surface area contributed by atoms with Crippen molar-refractivity contribution in [2.75, 3.05) is 0 Å². The van der Waals surface area contributed by atoms with Crippen LogP contribution in [-0.4, -0.2) is 0 Å². The molecule has 0 spiro atoms. The molecular formula is C9H14S2. The Morgan fingerprint density at radius 1 is 1.00 bits per heavy atom. The van der Waals surface area contributed by atoms with Gasteiger partial charge in [0, 0.05) is 9.79 Å². The van der Waals surface area contributed by atoms with Crippen molar-refractivity contribution in [3.8, 4) is 0 Å². The summed E-state index contributed by atoms with van der Waals surface area (Å²) < 4.78 is 0. The Morgan fingerprint density at radius 3 is 1.64 bits per heavy atom. The van der Waals surface area contributed by atoms with Gasteiger partial charge < -0.3 is 0 Å². The third-order valence-electron chi connectivity index (χ3n) is 1.28. The Hall–Kier alpha value is -0.0800. The molecule has 2 heteroatoms. The van der Waals surface area contributed by atoms with Crippen molar-refractivity contribution in [1.82, 2.24) is 0 Å². The van der Waals surface area contributed by atoms with Gasteiger partial charge in [-0.2, -0.15) is 0 Å². The molecule has 0 aliphatic heterocycles. The summed E-state index contributed by atoms with van der Waals surface area (Å²) in [6.07, 6.45) is 0. The largest absolute Gasteiger partial charge is 0.143 e. The molecule has 0 atom stereocenters. The third kappa shape index (κ3) is 3.21. The van der Waals surface area contributed by atoms with Crippen LogP contribution in [0.1, 0.15) is 19.4 Å². The molecule has 0 nitrogen and oxygen atoms in total. The average Bonchev–Trinajstić information content (AvgIpc) is 2.04. The molecule has 0 saturated heterocycles. The lowest BCUT2D eigenvalue weighted by Gasteiger charge is -1.99. The van der Waals surface area contributed by atoms with Gasteiger partial charge in [-0.25, -0.2) is 0 Å². The monoisotopic (exact) mass is 186 g/mol. The van der Waals surface area contributed by atoms with Gasteiger partial charge in [-0.05, 0) is 24.6 Å². The molecule has 0 saturated carbocycles. The van der Waals surface area contributed by atoms with Crippen molar-refractivity contribution in [2.45, 2.75) is 30.6 Å². The molecule has 0 heterocycles. The van der Waals surface area contributed by atoms with Gasteiger partial charge in [-0.15, -0.1) is 25.3 Å². The predicted octanol–water partition coefficient (Wildman–Crippen LogP) is 3.60. The number of benzene rings is 1. The number of rotatable bonds is 0. The minimum atomic E-state index is 1.00. The zero-order chi connectivity index (χ0) is 8.85. The van der Waals surface area contributed by atoms with E-state index >= 15 is 0 Å². The first-order valence-electron chi connectivity index (χ1n) is 3.69. The van der Waals surface area contributed by atoms with Gasteiger partial charge in [0.25, 0.3) is 0 Å². The summed E-state index contributed by atoms with van der Waals surface area (Å²) in [6, 6.07) is 5.86. The van der Waals surface area contributed by atoms with Crippen LogP contribution in [0, 0.1) is 6.92 Å². The van der Waals surface area contributed by atoms with E-state index in [4.69, 9.17) is 0 Å². The molecule has 62 valence electrons. The topological polar surface area (TPSA) is 0 Å². The summed E-state index contributed by atoms with van der Waals surface area (Å²) in [5, 5.41) is 0. The van der Waals surface area contributed by atoms with Gasteiger partial charge >= 0.3 is 0 Å². The predicted molar refractivity (Wildman–Crippen MR) is 57.0 cm³/mol. The lowest BCUT2D eigenvalue weighted by Crippen LogP contribution is -1.76. The molecular weight excluding hydrogens is 172 g/mol. The van der Waals surface area contributed by atoms with Crippen LogP contribution in [0.15, 0.2) is 28.0 Å². The maximum atomic E-state index is 4.22. The molecule has 0 aromatic heterocycles. The first kappa shape index (κ1) is 10.9. The maximum Gasteiger partial charge on any atom is 0.00802 e. The summed E-state index contributed by atoms with van der Waals surface area (Å²) in [7, 11) is 0. The Labute approximate surface area is 79.8 Å². The van der Waals surface area contributed by atoms with E-state index in [0.717, 1.165) is 15.4 Å². The minimum Gasteiger partial charge on any atom is -0.143 e. The SMILES string of the molecule is CC.Cc1c(S)cccc1S. The number of thiol groups is 2. The van der Waals surface area contributed by atoms with Crippen molar-refractivity contribution >= 4 is 25.3 Å². The number of hydrogen-bond donors (Lipinski definition) is 2. The lowest BCUT2D eigenvalue weighted by atomic mass is 10.2. The summed E-state index contributed by atoms with van der Waals surface area (Å²) in [6.45, 7) is 6.00. The van der Waals surface area contributed by atoms with Gasteiger partial charge in [0.05, 0.1) is 0 Å². The highest BCUT2D eigenvalue weighted by atomic mass is 32.1. The quantitative estimate of drug-likeness (QED) is 0.568. The summed E-state index contributed by atoms with van der Waals surface area (Å²) in [5.41, 5.74) is 1.14. The fraction of sp³-hybridized carbons (Fsp3) is 0.333. The molecule has 0 bridgehead atoms. The van der Waals surface area contributed by atoms with Gasteiger partial charge in [0.15, 0.2) is 0 Å². The fourth-order valence-electron chi connectivity index (χ4n) is 0.612. The normalized spacial score (nSPS) is 8.45. The Morgan fingerprint density at radius 2 is 1.36 bits per heavy atom. The van der Waals surface area contributed by atoms with E-state index in [1.54, 1.807) is 0 Å². The lowest BCUT2D eigenvalue weighted by molar-refractivity contribution is 1.20. The van der Waals surface area contributed by atoms with E-state index in [1.807, 2.05) is 39.0 Å². The van der Waals surface area contributed by atoms with Crippen molar-refractivity contribution in [3.63, 3.8) is 0 Å². The van der Waals surface area contributed by atoms with Gasteiger partial charge in [-0.1, -0.05) is 19.9 Å². The molecule has 0 amide bonds. The highest BCUT2D eigenvalue weighted by Gasteiger charge is 1.93. The second-order valence-corrected chi connectivity index (χ2v) is 2.88. The molecule has 1 rings (SSSR count). The van der Waals surface area contributed by atoms with Gasteiger partial charge in [-0.3, -0.25) is 0 Å². The van der Waals surface area contributed by atoms with Crippen molar-refractivity contribution in [3.05, 3.63) is 23.8 Å². The van der Waals surface area contributed by atoms with Crippen LogP contribution in [0.4, 0.5) is 0 Å². The second-order valence-electron chi connectivity index (χ2n) is 1.92. The van der Waals surface area contributed by atoms with E-state index in [9.17, 15) is 0 Å². The summed E-state index contributed by atoms with van der Waals surface area (Å²) >= 11 is 8.44. The van der Waals surface area contributed by atoms with Crippen LogP contribution in [0.2, 0.25) is 0 Å². The highest BCUT2D eigenvalue weighted by Crippen LogP contribution is 2.19. The zero-order valence-corrected chi connectivity index (χ0v) is 8.92. The Bertz CT molecular complexity index is 199. The van der Waals surface area contributed by atoms with Gasteiger partial charge in [0.1, 0.15) is 0 Å². The average molecular weight is 186 g/mol. The van der Waals surface area contributed by atoms with Crippen LogP contribution in [0.25, 0.3) is 0 Å². The van der Waals surface area contributed by atoms with Crippen molar-refractivity contribution < 1.29 is 0 Å². The number of hydrogen-bond acceptors (Lipinski definition) is 2. The summed E-state index contributed by atoms with van der Waals surface area (Å²) in [5.74, 6) is 0. The molecule has 0 radical (unpaired) electrons. The third-order valence-corrected chi connectivity index (χ3v) is 2.25. The van der Waals surface area contributed by atoms with Crippen molar-refractivity contribution in [1.29, 1.82) is 0 Å². The van der Waals surface area contributed by atoms with Crippen LogP contribution in [0.5, 0.6) is 0 Å². The molecule has 0 aliphatic carbocycles. The molecule has 11 heavy (non-hydrogen) atoms. The minimum absolute atomic E-state index is 1.00. The smallest absolute Gasteiger partial charge is 0.00802 e. The highest BCUT2D eigenvalue weighted by molar-refractivity contribution is 7.81. The summed E-state index contributed by atoms with van der Waals surface area (Å²) in [4.78, 5) is 2.00. The Balaban J connectivity index is 0.000000461. The molecule has 1 aromatic carbocycles. The molecule has 0 N–H and O–H groups in total. The van der Waals surface area contributed by atoms with E-state index in [0.29, 0.717) is 0 Å². The van der Waals surface area contributed by atoms with Crippen LogP contribution in [-0.2, 0) is 0 Å². The molecule has 0 aliphatic rings. The van der Waals surface area contributed by atoms with Crippen LogP contribution in [0.3, 0.4) is 0 Å². The zero-order valence-electron chi connectivity index (χ0n) is 7.13. The van der Waals surface area contributed by atoms with Crippen molar-refractivity contribution in [2.24, 2.45) is 0 Å². The molecule has 0 unspecified atom stereocenters. The van der Waals surface area contributed by atoms with Gasteiger partial charge in [0.2, 0.25) is 0 Å². The first-order valence-corrected chi connectivity index (χ1v) is 4.59. The molecule has 0 fully saturated rings. The standard InChI is InChI=1S/C7H8S2.C2H6/c1-5-6(8)3-2-4-7(5)9;1-2/h2-4,8-9H,1H3;1-2H3.